The van der Waals surface area contributed by atoms with E-state index in [4.69, 9.17) is 0 Å². The minimum atomic E-state index is -0.289. The average Bonchev–Trinajstić information content (AvgIpc) is 3.67. The number of piperidine rings is 1. The van der Waals surface area contributed by atoms with E-state index in [9.17, 15) is 14.0 Å². The Bertz CT molecular complexity index is 1160. The third kappa shape index (κ3) is 4.28. The number of halogens is 1. The van der Waals surface area contributed by atoms with Crippen molar-refractivity contribution in [2.45, 2.75) is 25.7 Å². The fourth-order valence-corrected chi connectivity index (χ4v) is 4.31. The highest BCUT2D eigenvalue weighted by Crippen LogP contribution is 2.34. The lowest BCUT2D eigenvalue weighted by molar-refractivity contribution is -0.135. The molecule has 5 rings (SSSR count). The zero-order valence-electron chi connectivity index (χ0n) is 17.7. The van der Waals surface area contributed by atoms with E-state index < -0.39 is 0 Å². The Hall–Kier alpha value is -3.48. The van der Waals surface area contributed by atoms with Gasteiger partial charge in [0, 0.05) is 53.5 Å². The van der Waals surface area contributed by atoms with Crippen molar-refractivity contribution < 1.29 is 14.0 Å². The van der Waals surface area contributed by atoms with Crippen molar-refractivity contribution in [3.05, 3.63) is 60.7 Å². The van der Waals surface area contributed by atoms with Gasteiger partial charge in [-0.15, -0.1) is 0 Å². The van der Waals surface area contributed by atoms with Gasteiger partial charge in [-0.05, 0) is 68.1 Å². The normalized spacial score (nSPS) is 18.4. The number of benzene rings is 2. The molecule has 0 spiro atoms. The van der Waals surface area contributed by atoms with Gasteiger partial charge in [0.05, 0.1) is 11.6 Å². The number of amides is 2. The maximum Gasteiger partial charge on any atom is 0.229 e. The molecule has 3 aromatic rings. The molecule has 2 heterocycles. The molecule has 2 amide bonds. The molecule has 2 fully saturated rings. The van der Waals surface area contributed by atoms with Crippen molar-refractivity contribution in [2.24, 2.45) is 11.8 Å². The molecule has 1 unspecified atom stereocenters. The summed E-state index contributed by atoms with van der Waals surface area (Å²) in [4.78, 5) is 31.6. The molecule has 1 aliphatic carbocycles. The standard InChI is InChI=1S/C25H25FN4O2/c26-18-5-7-19(8-6-18)28-22-9-10-23(21-14-27-12-11-20(21)22)29-24(31)17-2-1-13-30(15-17)25(32)16-3-4-16/h5-12,14,16-17,28H,1-4,13,15H2,(H,29,31). The minimum Gasteiger partial charge on any atom is -0.355 e. The second-order valence-electron chi connectivity index (χ2n) is 8.60. The third-order valence-electron chi connectivity index (χ3n) is 6.23. The Balaban J connectivity index is 1.34. The second-order valence-corrected chi connectivity index (χ2v) is 8.60. The number of anilines is 3. The summed E-state index contributed by atoms with van der Waals surface area (Å²) in [5, 5.41) is 8.08. The van der Waals surface area contributed by atoms with E-state index in [0.29, 0.717) is 12.2 Å². The fraction of sp³-hybridized carbons (Fsp3) is 0.320. The van der Waals surface area contributed by atoms with Crippen molar-refractivity contribution in [1.29, 1.82) is 0 Å². The van der Waals surface area contributed by atoms with E-state index in [1.165, 1.54) is 12.1 Å². The van der Waals surface area contributed by atoms with Crippen LogP contribution in [0, 0.1) is 17.7 Å². The Labute approximate surface area is 185 Å². The lowest BCUT2D eigenvalue weighted by atomic mass is 9.96. The number of nitrogens with zero attached hydrogens (tertiary/aromatic N) is 2. The summed E-state index contributed by atoms with van der Waals surface area (Å²) in [6, 6.07) is 11.8. The highest BCUT2D eigenvalue weighted by Gasteiger charge is 2.36. The first-order valence-electron chi connectivity index (χ1n) is 11.1. The number of aromatic nitrogens is 1. The predicted molar refractivity (Wildman–Crippen MR) is 122 cm³/mol. The average molecular weight is 432 g/mol. The van der Waals surface area contributed by atoms with Crippen LogP contribution in [0.5, 0.6) is 0 Å². The number of likely N-dealkylation sites (tertiary alicyclic amines) is 1. The molecule has 2 aromatic carbocycles. The van der Waals surface area contributed by atoms with Crippen LogP contribution in [0.2, 0.25) is 0 Å². The second kappa shape index (κ2) is 8.57. The topological polar surface area (TPSA) is 74.3 Å². The molecule has 1 aliphatic heterocycles. The van der Waals surface area contributed by atoms with Crippen LogP contribution in [-0.2, 0) is 9.59 Å². The van der Waals surface area contributed by atoms with Gasteiger partial charge in [-0.25, -0.2) is 4.39 Å². The number of fused-ring (bicyclic) bond motifs is 1. The van der Waals surface area contributed by atoms with Crippen molar-refractivity contribution in [3.8, 4) is 0 Å². The molecule has 7 heteroatoms. The number of carbonyl (C=O) groups excluding carboxylic acids is 2. The Morgan fingerprint density at radius 2 is 1.72 bits per heavy atom. The molecule has 1 saturated carbocycles. The van der Waals surface area contributed by atoms with Gasteiger partial charge < -0.3 is 15.5 Å². The molecule has 164 valence electrons. The summed E-state index contributed by atoms with van der Waals surface area (Å²) < 4.78 is 13.2. The largest absolute Gasteiger partial charge is 0.355 e. The van der Waals surface area contributed by atoms with Crippen LogP contribution in [-0.4, -0.2) is 34.8 Å². The van der Waals surface area contributed by atoms with Crippen LogP contribution in [0.25, 0.3) is 10.8 Å². The van der Waals surface area contributed by atoms with Gasteiger partial charge in [0.15, 0.2) is 0 Å². The van der Waals surface area contributed by atoms with E-state index in [1.807, 2.05) is 23.1 Å². The van der Waals surface area contributed by atoms with Gasteiger partial charge in [0.25, 0.3) is 0 Å². The van der Waals surface area contributed by atoms with Gasteiger partial charge in [0.1, 0.15) is 5.82 Å². The maximum absolute atomic E-state index is 13.2. The molecule has 32 heavy (non-hydrogen) atoms. The number of carbonyl (C=O) groups is 2. The minimum absolute atomic E-state index is 0.0670. The molecule has 1 saturated heterocycles. The zero-order valence-corrected chi connectivity index (χ0v) is 17.7. The highest BCUT2D eigenvalue weighted by atomic mass is 19.1. The molecule has 6 nitrogen and oxygen atoms in total. The Kier molecular flexibility index (Phi) is 5.47. The van der Waals surface area contributed by atoms with Crippen molar-refractivity contribution >= 4 is 39.6 Å². The van der Waals surface area contributed by atoms with Crippen LogP contribution in [0.1, 0.15) is 25.7 Å². The van der Waals surface area contributed by atoms with Gasteiger partial charge in [0.2, 0.25) is 11.8 Å². The smallest absolute Gasteiger partial charge is 0.229 e. The lowest BCUT2D eigenvalue weighted by Gasteiger charge is -2.32. The number of pyridine rings is 1. The summed E-state index contributed by atoms with van der Waals surface area (Å²) in [5.41, 5.74) is 2.29. The predicted octanol–water partition coefficient (Wildman–Crippen LogP) is 4.70. The van der Waals surface area contributed by atoms with Gasteiger partial charge >= 0.3 is 0 Å². The maximum atomic E-state index is 13.2. The molecule has 2 N–H and O–H groups in total. The molecule has 1 atom stereocenters. The summed E-state index contributed by atoms with van der Waals surface area (Å²) in [5.74, 6) is -0.193. The van der Waals surface area contributed by atoms with Gasteiger partial charge in [-0.1, -0.05) is 0 Å². The molecule has 0 bridgehead atoms. The molecule has 0 radical (unpaired) electrons. The zero-order chi connectivity index (χ0) is 22.1. The van der Waals surface area contributed by atoms with Crippen LogP contribution >= 0.6 is 0 Å². The van der Waals surface area contributed by atoms with E-state index >= 15 is 0 Å². The van der Waals surface area contributed by atoms with E-state index in [0.717, 1.165) is 54.4 Å². The molecular formula is C25H25FN4O2. The quantitative estimate of drug-likeness (QED) is 0.613. The van der Waals surface area contributed by atoms with Crippen molar-refractivity contribution in [2.75, 3.05) is 23.7 Å². The number of rotatable bonds is 5. The first-order chi connectivity index (χ1) is 15.6. The van der Waals surface area contributed by atoms with Crippen LogP contribution in [0.4, 0.5) is 21.5 Å². The van der Waals surface area contributed by atoms with E-state index in [2.05, 4.69) is 15.6 Å². The monoisotopic (exact) mass is 432 g/mol. The summed E-state index contributed by atoms with van der Waals surface area (Å²) in [6.45, 7) is 1.23. The van der Waals surface area contributed by atoms with Crippen LogP contribution < -0.4 is 10.6 Å². The third-order valence-corrected chi connectivity index (χ3v) is 6.23. The number of hydrogen-bond acceptors (Lipinski definition) is 4. The highest BCUT2D eigenvalue weighted by molar-refractivity contribution is 6.07. The van der Waals surface area contributed by atoms with Crippen LogP contribution in [0.15, 0.2) is 54.9 Å². The van der Waals surface area contributed by atoms with Gasteiger partial charge in [-0.2, -0.15) is 0 Å². The van der Waals surface area contributed by atoms with E-state index in [1.54, 1.807) is 24.5 Å². The molecular weight excluding hydrogens is 407 g/mol. The summed E-state index contributed by atoms with van der Waals surface area (Å²) in [7, 11) is 0. The Morgan fingerprint density at radius 3 is 2.50 bits per heavy atom. The van der Waals surface area contributed by atoms with Crippen molar-refractivity contribution in [3.63, 3.8) is 0 Å². The SMILES string of the molecule is O=C(Nc1ccc(Nc2ccc(F)cc2)c2ccncc12)C1CCCN(C(=O)C2CC2)C1. The van der Waals surface area contributed by atoms with Crippen molar-refractivity contribution in [1.82, 2.24) is 9.88 Å². The Morgan fingerprint density at radius 1 is 0.938 bits per heavy atom. The van der Waals surface area contributed by atoms with E-state index in [-0.39, 0.29) is 29.5 Å². The van der Waals surface area contributed by atoms with Gasteiger partial charge in [-0.3, -0.25) is 14.6 Å². The molecule has 1 aromatic heterocycles. The summed E-state index contributed by atoms with van der Waals surface area (Å²) in [6.07, 6.45) is 7.00. The number of nitrogens with one attached hydrogen (secondary N) is 2. The first kappa shape index (κ1) is 20.4. The first-order valence-corrected chi connectivity index (χ1v) is 11.1. The van der Waals surface area contributed by atoms with Crippen LogP contribution in [0.3, 0.4) is 0 Å². The number of hydrogen-bond donors (Lipinski definition) is 2. The summed E-state index contributed by atoms with van der Waals surface area (Å²) >= 11 is 0. The fourth-order valence-electron chi connectivity index (χ4n) is 4.31. The molecule has 2 aliphatic rings. The lowest BCUT2D eigenvalue weighted by Crippen LogP contribution is -2.44.